The molecule has 1 amide bonds. The van der Waals surface area contributed by atoms with Crippen LogP contribution in [0.5, 0.6) is 0 Å². The normalized spacial score (nSPS) is 12.3. The van der Waals surface area contributed by atoms with Gasteiger partial charge in [-0.3, -0.25) is 4.79 Å². The molecule has 0 aliphatic carbocycles. The maximum Gasteiger partial charge on any atom is 0.237 e. The van der Waals surface area contributed by atoms with Crippen LogP contribution in [0.1, 0.15) is 13.8 Å². The van der Waals surface area contributed by atoms with Crippen molar-refractivity contribution in [3.05, 3.63) is 22.3 Å². The zero-order chi connectivity index (χ0) is 14.4. The zero-order valence-corrected chi connectivity index (χ0v) is 12.4. The molecular weight excluding hydrogens is 287 g/mol. The number of nitrogens with zero attached hydrogens (tertiary/aromatic N) is 1. The molecule has 0 aromatic carbocycles. The monoisotopic (exact) mass is 304 g/mol. The molecule has 0 spiro atoms. The zero-order valence-electron chi connectivity index (χ0n) is 10.9. The van der Waals surface area contributed by atoms with E-state index in [4.69, 9.17) is 28.9 Å². The van der Waals surface area contributed by atoms with Crippen molar-refractivity contribution in [3.63, 3.8) is 0 Å². The van der Waals surface area contributed by atoms with Crippen LogP contribution < -0.4 is 16.4 Å². The first-order valence-electron chi connectivity index (χ1n) is 6.00. The molecule has 19 heavy (non-hydrogen) atoms. The van der Waals surface area contributed by atoms with E-state index in [0.29, 0.717) is 29.0 Å². The molecule has 7 heteroatoms. The van der Waals surface area contributed by atoms with Crippen LogP contribution in [0, 0.1) is 5.92 Å². The van der Waals surface area contributed by atoms with Gasteiger partial charge in [0.1, 0.15) is 5.82 Å². The van der Waals surface area contributed by atoms with Crippen molar-refractivity contribution in [2.75, 3.05) is 18.4 Å². The second kappa shape index (κ2) is 7.53. The average molecular weight is 305 g/mol. The van der Waals surface area contributed by atoms with E-state index >= 15 is 0 Å². The van der Waals surface area contributed by atoms with Gasteiger partial charge >= 0.3 is 0 Å². The number of nitrogens with one attached hydrogen (secondary N) is 2. The van der Waals surface area contributed by atoms with Gasteiger partial charge in [0.2, 0.25) is 5.91 Å². The van der Waals surface area contributed by atoms with E-state index in [1.807, 2.05) is 13.8 Å². The van der Waals surface area contributed by atoms with Gasteiger partial charge in [-0.2, -0.15) is 0 Å². The van der Waals surface area contributed by atoms with Crippen molar-refractivity contribution < 1.29 is 4.79 Å². The summed E-state index contributed by atoms with van der Waals surface area (Å²) in [6, 6.07) is 1.11. The summed E-state index contributed by atoms with van der Waals surface area (Å²) in [6.45, 7) is 4.75. The molecule has 1 aromatic rings. The number of aromatic nitrogens is 1. The fourth-order valence-corrected chi connectivity index (χ4v) is 1.78. The molecular formula is C12H18Cl2N4O. The number of halogens is 2. The van der Waals surface area contributed by atoms with E-state index in [1.54, 1.807) is 6.07 Å². The van der Waals surface area contributed by atoms with Gasteiger partial charge < -0.3 is 16.4 Å². The van der Waals surface area contributed by atoms with Gasteiger partial charge in [0.05, 0.1) is 16.1 Å². The predicted octanol–water partition coefficient (Wildman–Crippen LogP) is 1.90. The molecule has 1 aromatic heterocycles. The summed E-state index contributed by atoms with van der Waals surface area (Å²) in [5, 5.41) is 6.67. The maximum absolute atomic E-state index is 11.6. The van der Waals surface area contributed by atoms with Crippen LogP contribution in [-0.4, -0.2) is 30.0 Å². The maximum atomic E-state index is 11.6. The molecule has 0 unspecified atom stereocenters. The van der Waals surface area contributed by atoms with Crippen molar-refractivity contribution in [1.29, 1.82) is 0 Å². The number of carbonyl (C=O) groups excluding carboxylic acids is 1. The molecule has 106 valence electrons. The summed E-state index contributed by atoms with van der Waals surface area (Å²) in [5.41, 5.74) is 5.71. The van der Waals surface area contributed by atoms with Crippen LogP contribution in [0.2, 0.25) is 10.0 Å². The first kappa shape index (κ1) is 16.0. The standard InChI is InChI=1S/C12H18Cl2N4O/c1-7(2)10(15)12(19)17-4-3-16-11-9(14)5-8(13)6-18-11/h5-7,10H,3-4,15H2,1-2H3,(H,16,18)(H,17,19)/t10-/m0/s1. The van der Waals surface area contributed by atoms with Gasteiger partial charge in [-0.15, -0.1) is 0 Å². The number of anilines is 1. The average Bonchev–Trinajstić information content (AvgIpc) is 2.35. The molecule has 4 N–H and O–H groups in total. The lowest BCUT2D eigenvalue weighted by Gasteiger charge is -2.15. The summed E-state index contributed by atoms with van der Waals surface area (Å²) >= 11 is 11.7. The SMILES string of the molecule is CC(C)[C@H](N)C(=O)NCCNc1ncc(Cl)cc1Cl. The van der Waals surface area contributed by atoms with Crippen molar-refractivity contribution in [2.45, 2.75) is 19.9 Å². The van der Waals surface area contributed by atoms with Gasteiger partial charge in [-0.1, -0.05) is 37.0 Å². The number of amides is 1. The smallest absolute Gasteiger partial charge is 0.237 e. The van der Waals surface area contributed by atoms with Crippen LogP contribution in [0.25, 0.3) is 0 Å². The van der Waals surface area contributed by atoms with Crippen LogP contribution in [0.15, 0.2) is 12.3 Å². The molecule has 0 aliphatic heterocycles. The Labute approximate surface area is 122 Å². The van der Waals surface area contributed by atoms with E-state index in [9.17, 15) is 4.79 Å². The summed E-state index contributed by atoms with van der Waals surface area (Å²) in [4.78, 5) is 15.6. The van der Waals surface area contributed by atoms with Gasteiger partial charge in [0.15, 0.2) is 0 Å². The van der Waals surface area contributed by atoms with Gasteiger partial charge in [-0.25, -0.2) is 4.98 Å². The molecule has 0 bridgehead atoms. The van der Waals surface area contributed by atoms with Crippen molar-refractivity contribution in [2.24, 2.45) is 11.7 Å². The fraction of sp³-hybridized carbons (Fsp3) is 0.500. The highest BCUT2D eigenvalue weighted by Crippen LogP contribution is 2.21. The number of hydrogen-bond acceptors (Lipinski definition) is 4. The summed E-state index contributed by atoms with van der Waals surface area (Å²) in [5.74, 6) is 0.487. The van der Waals surface area contributed by atoms with Crippen molar-refractivity contribution >= 4 is 34.9 Å². The Morgan fingerprint density at radius 3 is 2.68 bits per heavy atom. The minimum Gasteiger partial charge on any atom is -0.367 e. The Morgan fingerprint density at radius 1 is 1.42 bits per heavy atom. The van der Waals surface area contributed by atoms with Crippen LogP contribution >= 0.6 is 23.2 Å². The Balaban J connectivity index is 2.33. The Bertz CT molecular complexity index is 440. The lowest BCUT2D eigenvalue weighted by molar-refractivity contribution is -0.123. The highest BCUT2D eigenvalue weighted by molar-refractivity contribution is 6.35. The Kier molecular flexibility index (Phi) is 6.34. The fourth-order valence-electron chi connectivity index (χ4n) is 1.33. The summed E-state index contributed by atoms with van der Waals surface area (Å²) in [7, 11) is 0. The molecule has 0 radical (unpaired) electrons. The quantitative estimate of drug-likeness (QED) is 0.701. The molecule has 0 fully saturated rings. The second-order valence-electron chi connectivity index (χ2n) is 4.47. The lowest BCUT2D eigenvalue weighted by atomic mass is 10.1. The van der Waals surface area contributed by atoms with E-state index in [2.05, 4.69) is 15.6 Å². The minimum atomic E-state index is -0.489. The largest absolute Gasteiger partial charge is 0.367 e. The first-order valence-corrected chi connectivity index (χ1v) is 6.75. The summed E-state index contributed by atoms with van der Waals surface area (Å²) in [6.07, 6.45) is 1.50. The predicted molar refractivity (Wildman–Crippen MR) is 78.6 cm³/mol. The Morgan fingerprint density at radius 2 is 2.11 bits per heavy atom. The topological polar surface area (TPSA) is 80.0 Å². The van der Waals surface area contributed by atoms with E-state index in [-0.39, 0.29) is 11.8 Å². The van der Waals surface area contributed by atoms with Gasteiger partial charge in [0.25, 0.3) is 0 Å². The number of carbonyl (C=O) groups is 1. The Hall–Kier alpha value is -1.04. The first-order chi connectivity index (χ1) is 8.91. The number of nitrogens with two attached hydrogens (primary N) is 1. The number of hydrogen-bond donors (Lipinski definition) is 3. The van der Waals surface area contributed by atoms with E-state index in [1.165, 1.54) is 6.20 Å². The molecule has 1 rings (SSSR count). The third-order valence-electron chi connectivity index (χ3n) is 2.55. The van der Waals surface area contributed by atoms with Crippen LogP contribution in [0.3, 0.4) is 0 Å². The van der Waals surface area contributed by atoms with Crippen molar-refractivity contribution in [3.8, 4) is 0 Å². The third kappa shape index (κ3) is 5.22. The minimum absolute atomic E-state index is 0.111. The molecule has 5 nitrogen and oxygen atoms in total. The highest BCUT2D eigenvalue weighted by atomic mass is 35.5. The lowest BCUT2D eigenvalue weighted by Crippen LogP contribution is -2.45. The highest BCUT2D eigenvalue weighted by Gasteiger charge is 2.16. The van der Waals surface area contributed by atoms with E-state index in [0.717, 1.165) is 0 Å². The second-order valence-corrected chi connectivity index (χ2v) is 5.32. The van der Waals surface area contributed by atoms with Crippen LogP contribution in [0.4, 0.5) is 5.82 Å². The molecule has 1 atom stereocenters. The molecule has 0 saturated carbocycles. The molecule has 0 aliphatic rings. The van der Waals surface area contributed by atoms with Crippen LogP contribution in [-0.2, 0) is 4.79 Å². The number of pyridine rings is 1. The molecule has 0 saturated heterocycles. The molecule has 1 heterocycles. The van der Waals surface area contributed by atoms with E-state index < -0.39 is 6.04 Å². The summed E-state index contributed by atoms with van der Waals surface area (Å²) < 4.78 is 0. The van der Waals surface area contributed by atoms with Gasteiger partial charge in [0, 0.05) is 19.3 Å². The number of rotatable bonds is 6. The van der Waals surface area contributed by atoms with Gasteiger partial charge in [-0.05, 0) is 12.0 Å². The third-order valence-corrected chi connectivity index (χ3v) is 3.04. The van der Waals surface area contributed by atoms with Crippen molar-refractivity contribution in [1.82, 2.24) is 10.3 Å².